The van der Waals surface area contributed by atoms with Gasteiger partial charge in [-0.15, -0.1) is 0 Å². The summed E-state index contributed by atoms with van der Waals surface area (Å²) in [6.45, 7) is 13.5. The number of carbonyl (C=O) groups excluding carboxylic acids is 1. The molecule has 0 spiro atoms. The van der Waals surface area contributed by atoms with Crippen molar-refractivity contribution in [1.29, 1.82) is 0 Å². The van der Waals surface area contributed by atoms with Gasteiger partial charge in [0.2, 0.25) is 0 Å². The summed E-state index contributed by atoms with van der Waals surface area (Å²) in [4.78, 5) is 13.9. The van der Waals surface area contributed by atoms with Gasteiger partial charge in [0.25, 0.3) is 0 Å². The molecule has 0 amide bonds. The topological polar surface area (TPSA) is 63.2 Å². The van der Waals surface area contributed by atoms with E-state index >= 15 is 0 Å². The van der Waals surface area contributed by atoms with Crippen molar-refractivity contribution in [3.8, 4) is 28.7 Å². The number of rotatable bonds is 23. The molecule has 0 bridgehead atoms. The lowest BCUT2D eigenvalue weighted by atomic mass is 10.0. The number of hydrogen-bond donors (Lipinski definition) is 0. The molecule has 0 aliphatic carbocycles. The highest BCUT2D eigenvalue weighted by atomic mass is 16.5. The molecule has 0 saturated heterocycles. The van der Waals surface area contributed by atoms with E-state index in [0.717, 1.165) is 81.3 Å². The summed E-state index contributed by atoms with van der Waals surface area (Å²) in [5, 5.41) is 0. The van der Waals surface area contributed by atoms with Gasteiger partial charge < -0.3 is 23.7 Å². The minimum absolute atomic E-state index is 0.208. The highest BCUT2D eigenvalue weighted by molar-refractivity contribution is 6.11. The molecule has 0 N–H and O–H groups in total. The van der Waals surface area contributed by atoms with Crippen LogP contribution in [0.4, 0.5) is 0 Å². The van der Waals surface area contributed by atoms with Crippen molar-refractivity contribution < 1.29 is 28.5 Å². The number of unbranched alkanes of at least 4 members (excludes halogenated alkanes) is 5. The maximum Gasteiger partial charge on any atom is 0.193 e. The zero-order valence-corrected chi connectivity index (χ0v) is 26.1. The first-order valence-corrected chi connectivity index (χ1v) is 15.8. The minimum Gasteiger partial charge on any atom is -0.494 e. The molecule has 0 heterocycles. The van der Waals surface area contributed by atoms with Gasteiger partial charge in [0.15, 0.2) is 17.3 Å². The predicted octanol–water partition coefficient (Wildman–Crippen LogP) is 9.48. The van der Waals surface area contributed by atoms with Crippen molar-refractivity contribution in [3.63, 3.8) is 0 Å². The van der Waals surface area contributed by atoms with Crippen LogP contribution in [0, 0.1) is 0 Å². The second-order valence-electron chi connectivity index (χ2n) is 10.2. The third-order valence-corrected chi connectivity index (χ3v) is 6.50. The Labute approximate surface area is 248 Å². The van der Waals surface area contributed by atoms with Gasteiger partial charge in [-0.3, -0.25) is 4.79 Å². The van der Waals surface area contributed by atoms with Gasteiger partial charge in [-0.2, -0.15) is 0 Å². The third-order valence-electron chi connectivity index (χ3n) is 6.50. The number of allylic oxidation sites excluding steroid dienone is 1. The Balaban J connectivity index is 2.48. The van der Waals surface area contributed by atoms with Gasteiger partial charge in [-0.25, -0.2) is 0 Å². The van der Waals surface area contributed by atoms with E-state index in [1.165, 1.54) is 0 Å². The van der Waals surface area contributed by atoms with Gasteiger partial charge >= 0.3 is 0 Å². The molecule has 41 heavy (non-hydrogen) atoms. The lowest BCUT2D eigenvalue weighted by Gasteiger charge is -2.19. The van der Waals surface area contributed by atoms with Gasteiger partial charge in [-0.1, -0.05) is 66.7 Å². The molecule has 2 aromatic rings. The quantitative estimate of drug-likeness (QED) is 0.0756. The first kappa shape index (κ1) is 34.1. The summed E-state index contributed by atoms with van der Waals surface area (Å²) in [7, 11) is 0. The van der Waals surface area contributed by atoms with Gasteiger partial charge in [0.1, 0.15) is 22.8 Å². The molecule has 0 fully saturated rings. The molecule has 0 atom stereocenters. The molecular weight excluding hydrogens is 516 g/mol. The Morgan fingerprint density at radius 2 is 1.05 bits per heavy atom. The third kappa shape index (κ3) is 12.1. The van der Waals surface area contributed by atoms with Crippen molar-refractivity contribution in [2.75, 3.05) is 33.0 Å². The Kier molecular flexibility index (Phi) is 17.2. The molecule has 6 nitrogen and oxygen atoms in total. The molecule has 6 heteroatoms. The largest absolute Gasteiger partial charge is 0.494 e. The van der Waals surface area contributed by atoms with E-state index in [4.69, 9.17) is 23.7 Å². The average molecular weight is 569 g/mol. The smallest absolute Gasteiger partial charge is 0.193 e. The summed E-state index contributed by atoms with van der Waals surface area (Å²) < 4.78 is 30.4. The zero-order valence-electron chi connectivity index (χ0n) is 26.1. The van der Waals surface area contributed by atoms with E-state index in [-0.39, 0.29) is 5.78 Å². The number of benzene rings is 2. The normalized spacial score (nSPS) is 11.0. The first-order chi connectivity index (χ1) is 20.1. The van der Waals surface area contributed by atoms with E-state index < -0.39 is 0 Å². The minimum atomic E-state index is -0.208. The monoisotopic (exact) mass is 568 g/mol. The van der Waals surface area contributed by atoms with Gasteiger partial charge in [0, 0.05) is 5.56 Å². The molecule has 2 aromatic carbocycles. The van der Waals surface area contributed by atoms with E-state index in [0.29, 0.717) is 55.8 Å². The molecule has 0 unspecified atom stereocenters. The lowest BCUT2D eigenvalue weighted by Crippen LogP contribution is -2.10. The van der Waals surface area contributed by atoms with Crippen molar-refractivity contribution >= 4 is 11.9 Å². The maximum absolute atomic E-state index is 13.9. The molecule has 0 radical (unpaired) electrons. The van der Waals surface area contributed by atoms with Crippen molar-refractivity contribution in [2.45, 2.75) is 98.8 Å². The van der Waals surface area contributed by atoms with Crippen LogP contribution in [0.25, 0.3) is 6.08 Å². The fourth-order valence-corrected chi connectivity index (χ4v) is 3.92. The predicted molar refractivity (Wildman–Crippen MR) is 168 cm³/mol. The van der Waals surface area contributed by atoms with Crippen molar-refractivity contribution in [1.82, 2.24) is 0 Å². The fourth-order valence-electron chi connectivity index (χ4n) is 3.92. The number of hydrogen-bond acceptors (Lipinski definition) is 6. The van der Waals surface area contributed by atoms with Crippen LogP contribution >= 0.6 is 0 Å². The number of ether oxygens (including phenoxy) is 5. The van der Waals surface area contributed by atoms with E-state index in [9.17, 15) is 4.79 Å². The lowest BCUT2D eigenvalue weighted by molar-refractivity contribution is 0.103. The van der Waals surface area contributed by atoms with Crippen LogP contribution in [-0.2, 0) is 0 Å². The van der Waals surface area contributed by atoms with Crippen molar-refractivity contribution in [2.24, 2.45) is 0 Å². The molecule has 0 aliphatic rings. The summed E-state index contributed by atoms with van der Waals surface area (Å²) in [5.41, 5.74) is 1.19. The van der Waals surface area contributed by atoms with E-state index in [2.05, 4.69) is 34.6 Å². The van der Waals surface area contributed by atoms with Crippen LogP contribution in [0.2, 0.25) is 0 Å². The second kappa shape index (κ2) is 20.7. The van der Waals surface area contributed by atoms with Crippen LogP contribution in [-0.4, -0.2) is 38.8 Å². The average Bonchev–Trinajstić information content (AvgIpc) is 2.98. The molecule has 2 rings (SSSR count). The maximum atomic E-state index is 13.9. The number of carbonyl (C=O) groups is 1. The fraction of sp³-hybridized carbons (Fsp3) is 0.571. The van der Waals surface area contributed by atoms with E-state index in [1.807, 2.05) is 30.3 Å². The highest BCUT2D eigenvalue weighted by Gasteiger charge is 2.22. The molecular formula is C35H52O6. The van der Waals surface area contributed by atoms with Crippen molar-refractivity contribution in [3.05, 3.63) is 47.5 Å². The van der Waals surface area contributed by atoms with Gasteiger partial charge in [-0.05, 0) is 74.6 Å². The summed E-state index contributed by atoms with van der Waals surface area (Å²) >= 11 is 0. The highest BCUT2D eigenvalue weighted by Crippen LogP contribution is 2.39. The molecule has 0 aromatic heterocycles. The van der Waals surface area contributed by atoms with Crippen LogP contribution in [0.3, 0.4) is 0 Å². The summed E-state index contributed by atoms with van der Waals surface area (Å²) in [6, 6.07) is 9.46. The number of ketones is 1. The zero-order chi connectivity index (χ0) is 29.7. The van der Waals surface area contributed by atoms with Crippen LogP contribution in [0.15, 0.2) is 36.4 Å². The Bertz CT molecular complexity index is 1050. The second-order valence-corrected chi connectivity index (χ2v) is 10.2. The Hall–Kier alpha value is -3.15. The van der Waals surface area contributed by atoms with E-state index in [1.54, 1.807) is 12.2 Å². The molecule has 228 valence electrons. The Morgan fingerprint density at radius 3 is 1.63 bits per heavy atom. The standard InChI is InChI=1S/C35H52O6/c1-6-11-22-37-29-17-19-31(38-23-12-7-2)28(27-29)16-18-30(36)34-32(39-24-13-8-3)20-21-33(40-25-14-9-4)35(34)41-26-15-10-5/h16-21,27H,6-15,22-26H2,1-5H3. The van der Waals surface area contributed by atoms with Crippen LogP contribution in [0.5, 0.6) is 28.7 Å². The van der Waals surface area contributed by atoms with Gasteiger partial charge in [0.05, 0.1) is 33.0 Å². The molecule has 0 aliphatic heterocycles. The van der Waals surface area contributed by atoms with Crippen LogP contribution < -0.4 is 23.7 Å². The van der Waals surface area contributed by atoms with Crippen LogP contribution in [0.1, 0.15) is 115 Å². The summed E-state index contributed by atoms with van der Waals surface area (Å²) in [5.74, 6) is 2.81. The SMILES string of the molecule is CCCCOc1ccc(OCCCC)c(C=CC(=O)c2c(OCCCC)ccc(OCCCC)c2OCCCC)c1. The molecule has 0 saturated carbocycles. The Morgan fingerprint density at radius 1 is 0.585 bits per heavy atom. The summed E-state index contributed by atoms with van der Waals surface area (Å²) in [6.07, 6.45) is 13.1. The first-order valence-electron chi connectivity index (χ1n) is 15.8.